The molecular formula is C19H36O4. The minimum atomic E-state index is -1.07. The normalized spacial score (nSPS) is 17.9. The second kappa shape index (κ2) is 13.8. The SMILES string of the molecule is CCCCCCCCCCCCCCCC(=O)OC(O)C1CO1. The fraction of sp³-hybridized carbons (Fsp3) is 0.947. The van der Waals surface area contributed by atoms with Crippen molar-refractivity contribution >= 4 is 5.97 Å². The van der Waals surface area contributed by atoms with Gasteiger partial charge in [-0.25, -0.2) is 0 Å². The molecule has 0 aromatic rings. The lowest BCUT2D eigenvalue weighted by Crippen LogP contribution is -2.22. The minimum absolute atomic E-state index is 0.286. The van der Waals surface area contributed by atoms with E-state index in [2.05, 4.69) is 6.92 Å². The molecule has 1 aliphatic rings. The topological polar surface area (TPSA) is 59.1 Å². The van der Waals surface area contributed by atoms with Gasteiger partial charge in [-0.1, -0.05) is 84.0 Å². The standard InChI is InChI=1S/C19H36O4/c1-2-3-4-5-6-7-8-9-10-11-12-13-14-15-18(20)23-19(21)17-16-22-17/h17,19,21H,2-16H2,1H3. The molecule has 0 aromatic carbocycles. The molecule has 4 heteroatoms. The number of carbonyl (C=O) groups excluding carboxylic acids is 1. The number of ether oxygens (including phenoxy) is 2. The number of epoxide rings is 1. The summed E-state index contributed by atoms with van der Waals surface area (Å²) in [4.78, 5) is 11.4. The van der Waals surface area contributed by atoms with Gasteiger partial charge in [-0.15, -0.1) is 0 Å². The van der Waals surface area contributed by atoms with E-state index < -0.39 is 6.29 Å². The molecule has 0 aliphatic carbocycles. The Labute approximate surface area is 141 Å². The van der Waals surface area contributed by atoms with Gasteiger partial charge in [0.05, 0.1) is 6.61 Å². The average Bonchev–Trinajstić information content (AvgIpc) is 3.36. The van der Waals surface area contributed by atoms with Gasteiger partial charge in [-0.2, -0.15) is 0 Å². The molecule has 1 saturated heterocycles. The summed E-state index contributed by atoms with van der Waals surface area (Å²) >= 11 is 0. The van der Waals surface area contributed by atoms with Gasteiger partial charge >= 0.3 is 5.97 Å². The molecule has 23 heavy (non-hydrogen) atoms. The second-order valence-electron chi connectivity index (χ2n) is 6.74. The molecular weight excluding hydrogens is 292 g/mol. The Morgan fingerprint density at radius 1 is 0.957 bits per heavy atom. The van der Waals surface area contributed by atoms with Crippen LogP contribution in [0.25, 0.3) is 0 Å². The number of hydrogen-bond donors (Lipinski definition) is 1. The third-order valence-corrected chi connectivity index (χ3v) is 4.41. The lowest BCUT2D eigenvalue weighted by atomic mass is 10.0. The Balaban J connectivity index is 1.73. The minimum Gasteiger partial charge on any atom is -0.433 e. The van der Waals surface area contributed by atoms with Crippen LogP contribution in [0, 0.1) is 0 Å². The Kier molecular flexibility index (Phi) is 12.3. The molecule has 0 spiro atoms. The van der Waals surface area contributed by atoms with E-state index in [-0.39, 0.29) is 12.1 Å². The summed E-state index contributed by atoms with van der Waals surface area (Å²) < 4.78 is 9.74. The summed E-state index contributed by atoms with van der Waals surface area (Å²) in [6, 6.07) is 0. The maximum Gasteiger partial charge on any atom is 0.308 e. The maximum absolute atomic E-state index is 11.4. The van der Waals surface area contributed by atoms with Crippen molar-refractivity contribution in [2.75, 3.05) is 6.61 Å². The first-order valence-electron chi connectivity index (χ1n) is 9.73. The zero-order valence-corrected chi connectivity index (χ0v) is 14.9. The highest BCUT2D eigenvalue weighted by atomic mass is 16.7. The van der Waals surface area contributed by atoms with Crippen LogP contribution in [-0.2, 0) is 14.3 Å². The van der Waals surface area contributed by atoms with E-state index in [0.29, 0.717) is 13.0 Å². The molecule has 0 amide bonds. The van der Waals surface area contributed by atoms with Gasteiger partial charge < -0.3 is 14.6 Å². The first-order chi connectivity index (χ1) is 11.2. The highest BCUT2D eigenvalue weighted by molar-refractivity contribution is 5.69. The van der Waals surface area contributed by atoms with Crippen molar-refractivity contribution in [2.24, 2.45) is 0 Å². The van der Waals surface area contributed by atoms with Crippen LogP contribution in [0.15, 0.2) is 0 Å². The highest BCUT2D eigenvalue weighted by Crippen LogP contribution is 2.16. The zero-order valence-electron chi connectivity index (χ0n) is 14.9. The van der Waals surface area contributed by atoms with Crippen molar-refractivity contribution in [1.29, 1.82) is 0 Å². The number of esters is 1. The van der Waals surface area contributed by atoms with Gasteiger partial charge in [-0.3, -0.25) is 4.79 Å². The first-order valence-corrected chi connectivity index (χ1v) is 9.73. The molecule has 1 heterocycles. The fourth-order valence-corrected chi connectivity index (χ4v) is 2.78. The zero-order chi connectivity index (χ0) is 16.8. The van der Waals surface area contributed by atoms with Crippen molar-refractivity contribution < 1.29 is 19.4 Å². The quantitative estimate of drug-likeness (QED) is 0.193. The molecule has 136 valence electrons. The average molecular weight is 328 g/mol. The predicted octanol–water partition coefficient (Wildman–Crippen LogP) is 4.73. The smallest absolute Gasteiger partial charge is 0.308 e. The van der Waals surface area contributed by atoms with Crippen LogP contribution >= 0.6 is 0 Å². The lowest BCUT2D eigenvalue weighted by Gasteiger charge is -2.09. The Bertz CT molecular complexity index is 289. The molecule has 0 saturated carbocycles. The van der Waals surface area contributed by atoms with Gasteiger partial charge in [0.1, 0.15) is 6.10 Å². The van der Waals surface area contributed by atoms with Crippen molar-refractivity contribution in [3.63, 3.8) is 0 Å². The molecule has 1 N–H and O–H groups in total. The first kappa shape index (κ1) is 20.4. The van der Waals surface area contributed by atoms with Crippen LogP contribution < -0.4 is 0 Å². The third-order valence-electron chi connectivity index (χ3n) is 4.41. The largest absolute Gasteiger partial charge is 0.433 e. The van der Waals surface area contributed by atoms with Crippen LogP contribution in [0.4, 0.5) is 0 Å². The van der Waals surface area contributed by atoms with Crippen LogP contribution in [0.5, 0.6) is 0 Å². The van der Waals surface area contributed by atoms with Crippen molar-refractivity contribution in [3.8, 4) is 0 Å². The maximum atomic E-state index is 11.4. The number of rotatable bonds is 16. The summed E-state index contributed by atoms with van der Waals surface area (Å²) in [5, 5.41) is 9.40. The van der Waals surface area contributed by atoms with E-state index in [0.717, 1.165) is 12.8 Å². The van der Waals surface area contributed by atoms with Gasteiger partial charge in [-0.05, 0) is 6.42 Å². The molecule has 2 unspecified atom stereocenters. The summed E-state index contributed by atoms with van der Waals surface area (Å²) in [5.74, 6) is -0.309. The molecule has 1 aliphatic heterocycles. The van der Waals surface area contributed by atoms with Crippen molar-refractivity contribution in [3.05, 3.63) is 0 Å². The summed E-state index contributed by atoms with van der Waals surface area (Å²) in [5.41, 5.74) is 0. The summed E-state index contributed by atoms with van der Waals surface area (Å²) in [6.07, 6.45) is 15.8. The molecule has 0 radical (unpaired) electrons. The Morgan fingerprint density at radius 3 is 1.83 bits per heavy atom. The van der Waals surface area contributed by atoms with Crippen molar-refractivity contribution in [2.45, 2.75) is 109 Å². The number of carbonyl (C=O) groups is 1. The van der Waals surface area contributed by atoms with E-state index in [1.807, 2.05) is 0 Å². The van der Waals surface area contributed by atoms with Gasteiger partial charge in [0.25, 0.3) is 0 Å². The fourth-order valence-electron chi connectivity index (χ4n) is 2.78. The van der Waals surface area contributed by atoms with E-state index in [1.165, 1.54) is 70.6 Å². The highest BCUT2D eigenvalue weighted by Gasteiger charge is 2.34. The van der Waals surface area contributed by atoms with E-state index in [1.54, 1.807) is 0 Å². The molecule has 2 atom stereocenters. The molecule has 0 bridgehead atoms. The van der Waals surface area contributed by atoms with E-state index in [9.17, 15) is 9.90 Å². The van der Waals surface area contributed by atoms with Gasteiger partial charge in [0.2, 0.25) is 6.29 Å². The van der Waals surface area contributed by atoms with Gasteiger partial charge in [0.15, 0.2) is 0 Å². The van der Waals surface area contributed by atoms with Crippen LogP contribution in [-0.4, -0.2) is 30.1 Å². The van der Waals surface area contributed by atoms with Gasteiger partial charge in [0, 0.05) is 6.42 Å². The van der Waals surface area contributed by atoms with E-state index >= 15 is 0 Å². The summed E-state index contributed by atoms with van der Waals surface area (Å²) in [6.45, 7) is 2.75. The van der Waals surface area contributed by atoms with E-state index in [4.69, 9.17) is 9.47 Å². The molecule has 1 fully saturated rings. The molecule has 0 aromatic heterocycles. The van der Waals surface area contributed by atoms with Crippen molar-refractivity contribution in [1.82, 2.24) is 0 Å². The molecule has 4 nitrogen and oxygen atoms in total. The predicted molar refractivity (Wildman–Crippen MR) is 92.2 cm³/mol. The second-order valence-corrected chi connectivity index (χ2v) is 6.74. The number of aliphatic hydroxyl groups is 1. The number of unbranched alkanes of at least 4 members (excludes halogenated alkanes) is 12. The summed E-state index contributed by atoms with van der Waals surface area (Å²) in [7, 11) is 0. The van der Waals surface area contributed by atoms with Crippen LogP contribution in [0.2, 0.25) is 0 Å². The third kappa shape index (κ3) is 12.5. The molecule has 1 rings (SSSR count). The Hall–Kier alpha value is -0.610. The Morgan fingerprint density at radius 2 is 1.39 bits per heavy atom. The van der Waals surface area contributed by atoms with Crippen LogP contribution in [0.1, 0.15) is 96.8 Å². The lowest BCUT2D eigenvalue weighted by molar-refractivity contribution is -0.170. The van der Waals surface area contributed by atoms with Crippen LogP contribution in [0.3, 0.4) is 0 Å². The number of aliphatic hydroxyl groups excluding tert-OH is 1. The number of hydrogen-bond acceptors (Lipinski definition) is 4. The monoisotopic (exact) mass is 328 g/mol.